The van der Waals surface area contributed by atoms with Crippen LogP contribution in [0.2, 0.25) is 0 Å². The molecule has 2 aromatic rings. The summed E-state index contributed by atoms with van der Waals surface area (Å²) in [6, 6.07) is 6.35. The number of ketones is 3. The summed E-state index contributed by atoms with van der Waals surface area (Å²) in [6.45, 7) is 5.67. The first-order valence-corrected chi connectivity index (χ1v) is 9.02. The van der Waals surface area contributed by atoms with E-state index >= 15 is 0 Å². The fourth-order valence-corrected chi connectivity index (χ4v) is 3.55. The van der Waals surface area contributed by atoms with Crippen LogP contribution in [0, 0.1) is 13.8 Å². The Hall–Kier alpha value is -3.55. The van der Waals surface area contributed by atoms with Gasteiger partial charge in [0.15, 0.2) is 11.9 Å². The first-order valence-electron chi connectivity index (χ1n) is 9.02. The summed E-state index contributed by atoms with van der Waals surface area (Å²) in [5.74, 6) is -2.99. The predicted molar refractivity (Wildman–Crippen MR) is 103 cm³/mol. The second-order valence-electron chi connectivity index (χ2n) is 6.92. The van der Waals surface area contributed by atoms with Gasteiger partial charge in [0.05, 0.1) is 16.9 Å². The number of nitrogens with zero attached hydrogens (tertiary/aromatic N) is 1. The van der Waals surface area contributed by atoms with Crippen molar-refractivity contribution in [2.75, 3.05) is 11.4 Å². The number of esters is 1. The van der Waals surface area contributed by atoms with Crippen LogP contribution in [-0.2, 0) is 14.3 Å². The van der Waals surface area contributed by atoms with Gasteiger partial charge in [-0.25, -0.2) is 0 Å². The Morgan fingerprint density at radius 2 is 1.79 bits per heavy atom. The van der Waals surface area contributed by atoms with Crippen molar-refractivity contribution in [2.24, 2.45) is 0 Å². The molecule has 1 aliphatic rings. The first-order chi connectivity index (χ1) is 13.6. The summed E-state index contributed by atoms with van der Waals surface area (Å²) in [7, 11) is 0. The van der Waals surface area contributed by atoms with Crippen molar-refractivity contribution in [3.05, 3.63) is 52.3 Å². The highest BCUT2D eigenvalue weighted by molar-refractivity contribution is 6.52. The average Bonchev–Trinajstić information content (AvgIpc) is 3.09. The maximum Gasteiger partial charge on any atom is 0.326 e. The van der Waals surface area contributed by atoms with Gasteiger partial charge in [-0.05, 0) is 45.4 Å². The topological polar surface area (TPSA) is 114 Å². The van der Waals surface area contributed by atoms with Gasteiger partial charge < -0.3 is 9.72 Å². The fourth-order valence-electron chi connectivity index (χ4n) is 3.55. The minimum atomic E-state index is -1.14. The van der Waals surface area contributed by atoms with Gasteiger partial charge in [0.1, 0.15) is 6.54 Å². The molecule has 29 heavy (non-hydrogen) atoms. The average molecular weight is 396 g/mol. The van der Waals surface area contributed by atoms with Crippen LogP contribution in [0.25, 0.3) is 0 Å². The van der Waals surface area contributed by atoms with Crippen LogP contribution in [0.5, 0.6) is 0 Å². The second kappa shape index (κ2) is 7.46. The lowest BCUT2D eigenvalue weighted by Gasteiger charge is -2.17. The van der Waals surface area contributed by atoms with Crippen molar-refractivity contribution in [1.29, 1.82) is 0 Å². The number of hydrogen-bond donors (Lipinski definition) is 1. The van der Waals surface area contributed by atoms with Crippen molar-refractivity contribution in [1.82, 2.24) is 4.98 Å². The molecule has 2 heterocycles. The van der Waals surface area contributed by atoms with Gasteiger partial charge in [0, 0.05) is 11.3 Å². The van der Waals surface area contributed by atoms with E-state index in [1.165, 1.54) is 19.9 Å². The van der Waals surface area contributed by atoms with Crippen LogP contribution in [0.1, 0.15) is 56.3 Å². The van der Waals surface area contributed by atoms with Gasteiger partial charge >= 0.3 is 5.97 Å². The Morgan fingerprint density at radius 3 is 2.41 bits per heavy atom. The quantitative estimate of drug-likeness (QED) is 0.455. The third kappa shape index (κ3) is 3.49. The number of carbonyl (C=O) groups is 5. The molecule has 1 aliphatic heterocycles. The number of aryl methyl sites for hydroxylation is 1. The van der Waals surface area contributed by atoms with Gasteiger partial charge in [0.2, 0.25) is 5.78 Å². The number of rotatable bonds is 6. The van der Waals surface area contributed by atoms with Crippen molar-refractivity contribution in [3.63, 3.8) is 0 Å². The van der Waals surface area contributed by atoms with E-state index in [0.29, 0.717) is 22.5 Å². The number of Topliss-reactive ketones (excluding diaryl/α,β-unsaturated/α-hetero) is 3. The summed E-state index contributed by atoms with van der Waals surface area (Å²) in [5, 5.41) is 0. The molecule has 0 aliphatic carbocycles. The van der Waals surface area contributed by atoms with E-state index in [9.17, 15) is 24.0 Å². The second-order valence-corrected chi connectivity index (χ2v) is 6.92. The number of hydrogen-bond acceptors (Lipinski definition) is 6. The lowest BCUT2D eigenvalue weighted by Crippen LogP contribution is -2.37. The molecule has 1 aromatic carbocycles. The number of ether oxygens (including phenoxy) is 1. The zero-order valence-electron chi connectivity index (χ0n) is 16.5. The van der Waals surface area contributed by atoms with E-state index in [4.69, 9.17) is 4.74 Å². The fraction of sp³-hybridized carbons (Fsp3) is 0.286. The van der Waals surface area contributed by atoms with Crippen LogP contribution in [0.3, 0.4) is 0 Å². The zero-order chi connectivity index (χ0) is 21.5. The Morgan fingerprint density at radius 1 is 1.14 bits per heavy atom. The van der Waals surface area contributed by atoms with E-state index in [-0.39, 0.29) is 17.0 Å². The van der Waals surface area contributed by atoms with Crippen LogP contribution >= 0.6 is 0 Å². The minimum absolute atomic E-state index is 0.171. The highest BCUT2D eigenvalue weighted by Crippen LogP contribution is 2.28. The molecule has 150 valence electrons. The number of aromatic nitrogens is 1. The number of amides is 1. The molecule has 0 fully saturated rings. The number of para-hydroxylation sites is 1. The molecule has 0 radical (unpaired) electrons. The third-order valence-corrected chi connectivity index (χ3v) is 4.88. The molecular weight excluding hydrogens is 376 g/mol. The lowest BCUT2D eigenvalue weighted by molar-refractivity contribution is -0.145. The molecule has 0 unspecified atom stereocenters. The first kappa shape index (κ1) is 20.2. The molecule has 1 aromatic heterocycles. The van der Waals surface area contributed by atoms with E-state index in [2.05, 4.69) is 4.98 Å². The molecule has 0 bridgehead atoms. The van der Waals surface area contributed by atoms with Crippen molar-refractivity contribution in [2.45, 2.75) is 33.8 Å². The molecular formula is C21H20N2O6. The van der Waals surface area contributed by atoms with E-state index in [1.54, 1.807) is 32.0 Å². The molecule has 0 spiro atoms. The smallest absolute Gasteiger partial charge is 0.326 e. The summed E-state index contributed by atoms with van der Waals surface area (Å²) < 4.78 is 5.19. The Labute approximate surface area is 166 Å². The molecule has 3 rings (SSSR count). The maximum atomic E-state index is 12.7. The largest absolute Gasteiger partial charge is 0.453 e. The summed E-state index contributed by atoms with van der Waals surface area (Å²) in [4.78, 5) is 64.8. The van der Waals surface area contributed by atoms with E-state index in [0.717, 1.165) is 4.90 Å². The summed E-state index contributed by atoms with van der Waals surface area (Å²) in [6.07, 6.45) is -1.14. The summed E-state index contributed by atoms with van der Waals surface area (Å²) in [5.41, 5.74) is 2.26. The van der Waals surface area contributed by atoms with Gasteiger partial charge in [-0.1, -0.05) is 12.1 Å². The molecule has 0 saturated carbocycles. The molecule has 8 heteroatoms. The molecule has 1 amide bonds. The number of anilines is 1. The molecule has 1 N–H and O–H groups in total. The van der Waals surface area contributed by atoms with Gasteiger partial charge in [-0.2, -0.15) is 0 Å². The van der Waals surface area contributed by atoms with E-state index in [1.807, 2.05) is 0 Å². The standard InChI is InChI=1S/C21H20N2O6/c1-10-17(12(3)24)11(2)22-18(10)19(26)13(4)29-16(25)9-23-15-8-6-5-7-14(15)20(27)21(23)28/h5-8,13,22H,9H2,1-4H3/t13-/m1/s1. The van der Waals surface area contributed by atoms with Crippen LogP contribution in [0.4, 0.5) is 5.69 Å². The van der Waals surface area contributed by atoms with Crippen molar-refractivity contribution >= 4 is 34.9 Å². The molecule has 0 saturated heterocycles. The molecule has 1 atom stereocenters. The predicted octanol–water partition coefficient (Wildman–Crippen LogP) is 2.18. The van der Waals surface area contributed by atoms with Crippen molar-refractivity contribution in [3.8, 4) is 0 Å². The van der Waals surface area contributed by atoms with E-state index < -0.39 is 36.1 Å². The maximum absolute atomic E-state index is 12.7. The highest BCUT2D eigenvalue weighted by Gasteiger charge is 2.37. The Balaban J connectivity index is 1.73. The zero-order valence-corrected chi connectivity index (χ0v) is 16.5. The third-order valence-electron chi connectivity index (χ3n) is 4.88. The van der Waals surface area contributed by atoms with Crippen LogP contribution in [-0.4, -0.2) is 46.9 Å². The van der Waals surface area contributed by atoms with Crippen molar-refractivity contribution < 1.29 is 28.7 Å². The number of benzene rings is 1. The Kier molecular flexibility index (Phi) is 5.19. The number of fused-ring (bicyclic) bond motifs is 1. The number of aromatic amines is 1. The number of carbonyl (C=O) groups excluding carboxylic acids is 5. The lowest BCUT2D eigenvalue weighted by atomic mass is 10.0. The summed E-state index contributed by atoms with van der Waals surface area (Å²) >= 11 is 0. The molecule has 8 nitrogen and oxygen atoms in total. The van der Waals surface area contributed by atoms with Gasteiger partial charge in [-0.15, -0.1) is 0 Å². The monoisotopic (exact) mass is 396 g/mol. The Bertz CT molecular complexity index is 1070. The normalized spacial score (nSPS) is 14.0. The van der Waals surface area contributed by atoms with Gasteiger partial charge in [0.25, 0.3) is 11.7 Å². The van der Waals surface area contributed by atoms with Gasteiger partial charge in [-0.3, -0.25) is 28.9 Å². The number of H-pyrrole nitrogens is 1. The van der Waals surface area contributed by atoms with Crippen LogP contribution < -0.4 is 4.90 Å². The van der Waals surface area contributed by atoms with Crippen LogP contribution in [0.15, 0.2) is 24.3 Å². The number of nitrogens with one attached hydrogen (secondary N) is 1. The minimum Gasteiger partial charge on any atom is -0.453 e. The SMILES string of the molecule is CC(=O)c1c(C)[nH]c(C(=O)[C@@H](C)OC(=O)CN2C(=O)C(=O)c3ccccc32)c1C. The highest BCUT2D eigenvalue weighted by atomic mass is 16.5.